The maximum Gasteiger partial charge on any atom is 0.240 e. The molecule has 0 aliphatic carbocycles. The topological polar surface area (TPSA) is 61.4 Å². The minimum absolute atomic E-state index is 0.0490. The van der Waals surface area contributed by atoms with Gasteiger partial charge in [-0.25, -0.2) is 0 Å². The number of nitrogens with one attached hydrogen (secondary N) is 2. The number of hydrogen-bond donors (Lipinski definition) is 3. The van der Waals surface area contributed by atoms with Gasteiger partial charge in [0.2, 0.25) is 5.91 Å². The Morgan fingerprint density at radius 1 is 1.53 bits per heavy atom. The first-order valence-corrected chi connectivity index (χ1v) is 6.54. The fourth-order valence-corrected chi connectivity index (χ4v) is 2.25. The molecule has 0 aromatic heterocycles. The van der Waals surface area contributed by atoms with Crippen LogP contribution in [0.3, 0.4) is 0 Å². The molecule has 1 unspecified atom stereocenters. The van der Waals surface area contributed by atoms with E-state index in [1.54, 1.807) is 0 Å². The molecule has 0 spiro atoms. The lowest BCUT2D eigenvalue weighted by atomic mass is 9.87. The van der Waals surface area contributed by atoms with Gasteiger partial charge in [-0.15, -0.1) is 0 Å². The molecule has 1 atom stereocenters. The molecular formula is C13H26N2O2. The molecule has 1 fully saturated rings. The van der Waals surface area contributed by atoms with E-state index in [0.717, 1.165) is 32.2 Å². The Kier molecular flexibility index (Phi) is 4.95. The van der Waals surface area contributed by atoms with Crippen molar-refractivity contribution in [1.82, 2.24) is 10.6 Å². The lowest BCUT2D eigenvalue weighted by Gasteiger charge is -2.28. The Labute approximate surface area is 104 Å². The molecule has 1 heterocycles. The molecule has 4 heteroatoms. The molecule has 0 saturated carbocycles. The highest BCUT2D eigenvalue weighted by atomic mass is 16.2. The van der Waals surface area contributed by atoms with Crippen LogP contribution in [0.4, 0.5) is 0 Å². The summed E-state index contributed by atoms with van der Waals surface area (Å²) in [6.45, 7) is 8.02. The van der Waals surface area contributed by atoms with Crippen LogP contribution in [0.2, 0.25) is 0 Å². The van der Waals surface area contributed by atoms with Crippen molar-refractivity contribution in [3.63, 3.8) is 0 Å². The second kappa shape index (κ2) is 5.83. The third-order valence-corrected chi connectivity index (χ3v) is 3.61. The first-order chi connectivity index (χ1) is 7.90. The molecule has 1 rings (SSSR count). The van der Waals surface area contributed by atoms with E-state index in [-0.39, 0.29) is 23.5 Å². The van der Waals surface area contributed by atoms with Gasteiger partial charge in [-0.3, -0.25) is 4.79 Å². The summed E-state index contributed by atoms with van der Waals surface area (Å²) in [5.74, 6) is 0.104. The van der Waals surface area contributed by atoms with Crippen LogP contribution in [0.15, 0.2) is 0 Å². The Balaban J connectivity index is 2.36. The van der Waals surface area contributed by atoms with Gasteiger partial charge in [-0.05, 0) is 44.6 Å². The second-order valence-corrected chi connectivity index (χ2v) is 6.04. The summed E-state index contributed by atoms with van der Waals surface area (Å²) in [7, 11) is 0. The summed E-state index contributed by atoms with van der Waals surface area (Å²) in [6.07, 6.45) is 3.69. The predicted molar refractivity (Wildman–Crippen MR) is 68.8 cm³/mol. The van der Waals surface area contributed by atoms with E-state index in [1.165, 1.54) is 0 Å². The van der Waals surface area contributed by atoms with E-state index in [0.29, 0.717) is 6.54 Å². The zero-order chi connectivity index (χ0) is 12.9. The van der Waals surface area contributed by atoms with Crippen LogP contribution in [-0.4, -0.2) is 36.2 Å². The summed E-state index contributed by atoms with van der Waals surface area (Å²) in [5, 5.41) is 15.1. The second-order valence-electron chi connectivity index (χ2n) is 6.04. The minimum atomic E-state index is -0.382. The first kappa shape index (κ1) is 14.5. The third-order valence-electron chi connectivity index (χ3n) is 3.61. The molecule has 1 aliphatic rings. The van der Waals surface area contributed by atoms with Gasteiger partial charge >= 0.3 is 0 Å². The minimum Gasteiger partial charge on any atom is -0.396 e. The number of hydrogen-bond acceptors (Lipinski definition) is 3. The first-order valence-electron chi connectivity index (χ1n) is 6.54. The van der Waals surface area contributed by atoms with Crippen molar-refractivity contribution in [3.8, 4) is 0 Å². The van der Waals surface area contributed by atoms with Crippen molar-refractivity contribution in [3.05, 3.63) is 0 Å². The summed E-state index contributed by atoms with van der Waals surface area (Å²) < 4.78 is 0. The highest BCUT2D eigenvalue weighted by Crippen LogP contribution is 2.22. The highest BCUT2D eigenvalue weighted by molar-refractivity contribution is 5.86. The predicted octanol–water partition coefficient (Wildman–Crippen LogP) is 1.04. The van der Waals surface area contributed by atoms with E-state index in [1.807, 2.05) is 6.92 Å². The maximum absolute atomic E-state index is 12.1. The van der Waals surface area contributed by atoms with Crippen molar-refractivity contribution in [2.75, 3.05) is 19.7 Å². The van der Waals surface area contributed by atoms with Gasteiger partial charge in [0.05, 0.1) is 5.54 Å². The zero-order valence-corrected chi connectivity index (χ0v) is 11.3. The Hall–Kier alpha value is -0.610. The van der Waals surface area contributed by atoms with Gasteiger partial charge < -0.3 is 15.7 Å². The number of aliphatic hydroxyl groups excluding tert-OH is 1. The van der Waals surface area contributed by atoms with Crippen LogP contribution in [0.5, 0.6) is 0 Å². The van der Waals surface area contributed by atoms with Crippen LogP contribution in [-0.2, 0) is 4.79 Å². The van der Waals surface area contributed by atoms with Gasteiger partial charge in [0.1, 0.15) is 0 Å². The average molecular weight is 242 g/mol. The standard InChI is InChI=1S/C13H26N2O2/c1-12(2,6-5-9-16)10-14-11(17)13(3)7-4-8-15-13/h15-16H,4-10H2,1-3H3,(H,14,17). The van der Waals surface area contributed by atoms with Crippen LogP contribution in [0.1, 0.15) is 46.5 Å². The fraction of sp³-hybridized carbons (Fsp3) is 0.923. The summed E-state index contributed by atoms with van der Waals surface area (Å²) in [6, 6.07) is 0. The van der Waals surface area contributed by atoms with E-state index < -0.39 is 0 Å². The SMILES string of the molecule is CC(C)(CCCO)CNC(=O)C1(C)CCCN1. The molecule has 0 radical (unpaired) electrons. The molecule has 0 bridgehead atoms. The smallest absolute Gasteiger partial charge is 0.240 e. The Bertz CT molecular complexity index is 258. The normalized spacial score (nSPS) is 24.9. The molecule has 1 amide bonds. The molecule has 0 aromatic rings. The number of rotatable bonds is 6. The molecular weight excluding hydrogens is 216 g/mol. The molecule has 0 aromatic carbocycles. The van der Waals surface area contributed by atoms with Crippen LogP contribution >= 0.6 is 0 Å². The van der Waals surface area contributed by atoms with E-state index >= 15 is 0 Å². The van der Waals surface area contributed by atoms with Gasteiger partial charge in [-0.2, -0.15) is 0 Å². The largest absolute Gasteiger partial charge is 0.396 e. The highest BCUT2D eigenvalue weighted by Gasteiger charge is 2.36. The van der Waals surface area contributed by atoms with Gasteiger partial charge in [0, 0.05) is 13.2 Å². The number of amides is 1. The van der Waals surface area contributed by atoms with Crippen molar-refractivity contribution in [2.45, 2.75) is 52.0 Å². The van der Waals surface area contributed by atoms with Crippen LogP contribution < -0.4 is 10.6 Å². The van der Waals surface area contributed by atoms with E-state index in [2.05, 4.69) is 24.5 Å². The monoisotopic (exact) mass is 242 g/mol. The lowest BCUT2D eigenvalue weighted by molar-refractivity contribution is -0.127. The summed E-state index contributed by atoms with van der Waals surface area (Å²) in [4.78, 5) is 12.1. The van der Waals surface area contributed by atoms with Gasteiger partial charge in [0.15, 0.2) is 0 Å². The Morgan fingerprint density at radius 3 is 2.76 bits per heavy atom. The van der Waals surface area contributed by atoms with Crippen LogP contribution in [0, 0.1) is 5.41 Å². The van der Waals surface area contributed by atoms with Crippen molar-refractivity contribution in [1.29, 1.82) is 0 Å². The molecule has 1 aliphatic heterocycles. The molecule has 4 nitrogen and oxygen atoms in total. The van der Waals surface area contributed by atoms with Crippen LogP contribution in [0.25, 0.3) is 0 Å². The van der Waals surface area contributed by atoms with Crippen molar-refractivity contribution < 1.29 is 9.90 Å². The van der Waals surface area contributed by atoms with E-state index in [4.69, 9.17) is 5.11 Å². The summed E-state index contributed by atoms with van der Waals surface area (Å²) in [5.41, 5.74) is -0.333. The molecule has 17 heavy (non-hydrogen) atoms. The van der Waals surface area contributed by atoms with Gasteiger partial charge in [0.25, 0.3) is 0 Å². The third kappa shape index (κ3) is 4.28. The number of carbonyl (C=O) groups is 1. The zero-order valence-electron chi connectivity index (χ0n) is 11.3. The quantitative estimate of drug-likeness (QED) is 0.652. The maximum atomic E-state index is 12.1. The number of aliphatic hydroxyl groups is 1. The average Bonchev–Trinajstić information content (AvgIpc) is 2.72. The van der Waals surface area contributed by atoms with Gasteiger partial charge in [-0.1, -0.05) is 13.8 Å². The lowest BCUT2D eigenvalue weighted by Crippen LogP contribution is -2.52. The Morgan fingerprint density at radius 2 is 2.24 bits per heavy atom. The fourth-order valence-electron chi connectivity index (χ4n) is 2.25. The molecule has 100 valence electrons. The molecule has 3 N–H and O–H groups in total. The van der Waals surface area contributed by atoms with Crippen molar-refractivity contribution >= 4 is 5.91 Å². The number of carbonyl (C=O) groups excluding carboxylic acids is 1. The summed E-state index contributed by atoms with van der Waals surface area (Å²) >= 11 is 0. The van der Waals surface area contributed by atoms with E-state index in [9.17, 15) is 4.79 Å². The van der Waals surface area contributed by atoms with Crippen molar-refractivity contribution in [2.24, 2.45) is 5.41 Å². The molecule has 1 saturated heterocycles.